The molecule has 2 amide bonds. The molecular weight excluding hydrogens is 350 g/mol. The van der Waals surface area contributed by atoms with E-state index < -0.39 is 0 Å². The third-order valence-electron chi connectivity index (χ3n) is 6.43. The van der Waals surface area contributed by atoms with Crippen molar-refractivity contribution in [3.05, 3.63) is 41.1 Å². The van der Waals surface area contributed by atoms with Crippen molar-refractivity contribution in [3.63, 3.8) is 0 Å². The normalized spacial score (nSPS) is 18.1. The lowest BCUT2D eigenvalue weighted by Crippen LogP contribution is -2.44. The van der Waals surface area contributed by atoms with Crippen LogP contribution in [0.25, 0.3) is 10.9 Å². The monoisotopic (exact) mass is 379 g/mol. The van der Waals surface area contributed by atoms with Gasteiger partial charge in [0.25, 0.3) is 0 Å². The molecule has 5 nitrogen and oxygen atoms in total. The lowest BCUT2D eigenvalue weighted by atomic mass is 9.94. The zero-order valence-corrected chi connectivity index (χ0v) is 16.9. The van der Waals surface area contributed by atoms with E-state index in [0.29, 0.717) is 25.4 Å². The first-order valence-electron chi connectivity index (χ1n) is 10.5. The summed E-state index contributed by atoms with van der Waals surface area (Å²) in [5.74, 6) is 0.540. The van der Waals surface area contributed by atoms with Gasteiger partial charge in [0.05, 0.1) is 11.9 Å². The number of para-hydroxylation sites is 1. The van der Waals surface area contributed by atoms with Gasteiger partial charge in [-0.25, -0.2) is 0 Å². The standard InChI is InChI=1S/C23H29N3O2/c1-16-19-7-3-4-8-21(19)24-17(2)20(16)15-22(27)25-13-9-18(10-14-25)23(28)26-11-5-6-12-26/h3-4,7-8,18H,5-6,9-15H2,1-2H3. The minimum atomic E-state index is 0.0907. The highest BCUT2D eigenvalue weighted by Crippen LogP contribution is 2.25. The summed E-state index contributed by atoms with van der Waals surface area (Å²) in [5, 5.41) is 1.12. The molecule has 0 saturated carbocycles. The number of carbonyl (C=O) groups excluding carboxylic acids is 2. The highest BCUT2D eigenvalue weighted by atomic mass is 16.2. The maximum atomic E-state index is 12.9. The van der Waals surface area contributed by atoms with Crippen molar-refractivity contribution in [1.29, 1.82) is 0 Å². The highest BCUT2D eigenvalue weighted by Gasteiger charge is 2.31. The van der Waals surface area contributed by atoms with E-state index in [4.69, 9.17) is 4.98 Å². The third kappa shape index (κ3) is 3.62. The van der Waals surface area contributed by atoms with Gasteiger partial charge in [-0.1, -0.05) is 18.2 Å². The van der Waals surface area contributed by atoms with Crippen LogP contribution in [0, 0.1) is 19.8 Å². The number of fused-ring (bicyclic) bond motifs is 1. The molecule has 2 aromatic rings. The molecule has 2 aliphatic rings. The largest absolute Gasteiger partial charge is 0.342 e. The number of hydrogen-bond donors (Lipinski definition) is 0. The van der Waals surface area contributed by atoms with Gasteiger partial charge in [-0.2, -0.15) is 0 Å². The molecule has 4 rings (SSSR count). The maximum Gasteiger partial charge on any atom is 0.227 e. The SMILES string of the molecule is Cc1nc2ccccc2c(C)c1CC(=O)N1CCC(C(=O)N2CCCC2)CC1. The molecule has 5 heteroatoms. The Morgan fingerprint density at radius 3 is 2.39 bits per heavy atom. The summed E-state index contributed by atoms with van der Waals surface area (Å²) >= 11 is 0. The smallest absolute Gasteiger partial charge is 0.227 e. The van der Waals surface area contributed by atoms with Gasteiger partial charge in [0, 0.05) is 43.2 Å². The molecule has 0 N–H and O–H groups in total. The van der Waals surface area contributed by atoms with Crippen molar-refractivity contribution in [2.75, 3.05) is 26.2 Å². The van der Waals surface area contributed by atoms with Crippen molar-refractivity contribution < 1.29 is 9.59 Å². The van der Waals surface area contributed by atoms with Crippen molar-refractivity contribution >= 4 is 22.7 Å². The highest BCUT2D eigenvalue weighted by molar-refractivity contribution is 5.87. The Morgan fingerprint density at radius 2 is 1.68 bits per heavy atom. The van der Waals surface area contributed by atoms with Crippen LogP contribution < -0.4 is 0 Å². The van der Waals surface area contributed by atoms with Crippen LogP contribution in [0.15, 0.2) is 24.3 Å². The second-order valence-corrected chi connectivity index (χ2v) is 8.18. The first kappa shape index (κ1) is 18.9. The zero-order valence-electron chi connectivity index (χ0n) is 16.9. The maximum absolute atomic E-state index is 12.9. The van der Waals surface area contributed by atoms with Crippen LogP contribution in [-0.4, -0.2) is 52.8 Å². The molecule has 2 saturated heterocycles. The first-order chi connectivity index (χ1) is 13.5. The van der Waals surface area contributed by atoms with Crippen molar-refractivity contribution in [2.45, 2.75) is 46.0 Å². The Kier molecular flexibility index (Phi) is 5.33. The lowest BCUT2D eigenvalue weighted by Gasteiger charge is -2.33. The van der Waals surface area contributed by atoms with E-state index in [1.807, 2.05) is 34.9 Å². The fraction of sp³-hybridized carbons (Fsp3) is 0.522. The molecule has 0 radical (unpaired) electrons. The van der Waals surface area contributed by atoms with Crippen LogP contribution >= 0.6 is 0 Å². The van der Waals surface area contributed by atoms with Gasteiger partial charge in [-0.3, -0.25) is 14.6 Å². The fourth-order valence-corrected chi connectivity index (χ4v) is 4.67. The van der Waals surface area contributed by atoms with Gasteiger partial charge in [-0.15, -0.1) is 0 Å². The van der Waals surface area contributed by atoms with Crippen LogP contribution in [0.3, 0.4) is 0 Å². The van der Waals surface area contributed by atoms with E-state index in [2.05, 4.69) is 13.0 Å². The number of benzene rings is 1. The minimum absolute atomic E-state index is 0.0907. The van der Waals surface area contributed by atoms with Gasteiger partial charge < -0.3 is 9.80 Å². The second-order valence-electron chi connectivity index (χ2n) is 8.18. The summed E-state index contributed by atoms with van der Waals surface area (Å²) < 4.78 is 0. The van der Waals surface area contributed by atoms with Crippen LogP contribution in [0.2, 0.25) is 0 Å². The van der Waals surface area contributed by atoms with Crippen LogP contribution in [0.4, 0.5) is 0 Å². The lowest BCUT2D eigenvalue weighted by molar-refractivity contribution is -0.139. The van der Waals surface area contributed by atoms with Gasteiger partial charge in [-0.05, 0) is 56.7 Å². The van der Waals surface area contributed by atoms with E-state index in [1.165, 1.54) is 0 Å². The average Bonchev–Trinajstić information content (AvgIpc) is 3.25. The summed E-state index contributed by atoms with van der Waals surface area (Å²) in [5.41, 5.74) is 4.10. The summed E-state index contributed by atoms with van der Waals surface area (Å²) in [6, 6.07) is 8.09. The number of piperidine rings is 1. The zero-order chi connectivity index (χ0) is 19.7. The molecule has 2 aliphatic heterocycles. The fourth-order valence-electron chi connectivity index (χ4n) is 4.67. The van der Waals surface area contributed by atoms with Gasteiger partial charge in [0.2, 0.25) is 11.8 Å². The molecule has 0 unspecified atom stereocenters. The molecule has 0 atom stereocenters. The first-order valence-corrected chi connectivity index (χ1v) is 10.5. The molecule has 148 valence electrons. The van der Waals surface area contributed by atoms with Crippen LogP contribution in [-0.2, 0) is 16.0 Å². The number of hydrogen-bond acceptors (Lipinski definition) is 3. The molecule has 2 fully saturated rings. The molecule has 0 spiro atoms. The number of amides is 2. The second kappa shape index (κ2) is 7.90. The van der Waals surface area contributed by atoms with Gasteiger partial charge >= 0.3 is 0 Å². The molecule has 1 aromatic carbocycles. The van der Waals surface area contributed by atoms with Gasteiger partial charge in [0.15, 0.2) is 0 Å². The summed E-state index contributed by atoms with van der Waals surface area (Å²) in [6.45, 7) is 7.25. The van der Waals surface area contributed by atoms with Crippen molar-refractivity contribution in [3.8, 4) is 0 Å². The Balaban J connectivity index is 1.41. The van der Waals surface area contributed by atoms with Crippen molar-refractivity contribution in [1.82, 2.24) is 14.8 Å². The Bertz CT molecular complexity index is 894. The van der Waals surface area contributed by atoms with E-state index in [9.17, 15) is 9.59 Å². The number of nitrogens with zero attached hydrogens (tertiary/aromatic N) is 3. The number of rotatable bonds is 3. The Morgan fingerprint density at radius 1 is 1.00 bits per heavy atom. The average molecular weight is 380 g/mol. The Labute approximate surface area is 166 Å². The Hall–Kier alpha value is -2.43. The summed E-state index contributed by atoms with van der Waals surface area (Å²) in [6.07, 6.45) is 4.22. The number of likely N-dealkylation sites (tertiary alicyclic amines) is 2. The minimum Gasteiger partial charge on any atom is -0.342 e. The van der Waals surface area contributed by atoms with E-state index >= 15 is 0 Å². The number of aryl methyl sites for hydroxylation is 2. The van der Waals surface area contributed by atoms with E-state index in [0.717, 1.165) is 66.5 Å². The van der Waals surface area contributed by atoms with Gasteiger partial charge in [0.1, 0.15) is 0 Å². The molecule has 3 heterocycles. The molecule has 1 aromatic heterocycles. The number of pyridine rings is 1. The van der Waals surface area contributed by atoms with E-state index in [1.54, 1.807) is 0 Å². The summed E-state index contributed by atoms with van der Waals surface area (Å²) in [4.78, 5) is 34.2. The number of aromatic nitrogens is 1. The third-order valence-corrected chi connectivity index (χ3v) is 6.43. The van der Waals surface area contributed by atoms with Crippen LogP contribution in [0.1, 0.15) is 42.5 Å². The predicted octanol–water partition coefficient (Wildman–Crippen LogP) is 3.26. The quantitative estimate of drug-likeness (QED) is 0.823. The molecule has 0 aliphatic carbocycles. The van der Waals surface area contributed by atoms with Crippen molar-refractivity contribution in [2.24, 2.45) is 5.92 Å². The number of carbonyl (C=O) groups is 2. The molecule has 28 heavy (non-hydrogen) atoms. The molecule has 0 bridgehead atoms. The topological polar surface area (TPSA) is 53.5 Å². The molecular formula is C23H29N3O2. The summed E-state index contributed by atoms with van der Waals surface area (Å²) in [7, 11) is 0. The van der Waals surface area contributed by atoms with E-state index in [-0.39, 0.29) is 11.8 Å². The van der Waals surface area contributed by atoms with Crippen LogP contribution in [0.5, 0.6) is 0 Å². The predicted molar refractivity (Wildman–Crippen MR) is 110 cm³/mol.